The Morgan fingerprint density at radius 2 is 1.50 bits per heavy atom. The highest BCUT2D eigenvalue weighted by atomic mass is 16.1. The minimum Gasteiger partial charge on any atom is -0.268 e. The number of benzene rings is 3. The van der Waals surface area contributed by atoms with E-state index in [0.29, 0.717) is 0 Å². The zero-order valence-electron chi connectivity index (χ0n) is 13.8. The lowest BCUT2D eigenvalue weighted by molar-refractivity contribution is 1.18. The number of pyridine rings is 1. The van der Waals surface area contributed by atoms with E-state index in [9.17, 15) is 4.79 Å². The lowest BCUT2D eigenvalue weighted by atomic mass is 9.99. The van der Waals surface area contributed by atoms with Gasteiger partial charge >= 0.3 is 0 Å². The van der Waals surface area contributed by atoms with Gasteiger partial charge in [0.1, 0.15) is 5.65 Å². The molecule has 2 heterocycles. The van der Waals surface area contributed by atoms with Crippen LogP contribution in [0.25, 0.3) is 38.2 Å². The number of fused-ring (bicyclic) bond motifs is 4. The number of hydrogen-bond donors (Lipinski definition) is 0. The maximum absolute atomic E-state index is 13.3. The summed E-state index contributed by atoms with van der Waals surface area (Å²) in [5.41, 5.74) is 5.97. The second-order valence-corrected chi connectivity index (χ2v) is 6.63. The first-order valence-electron chi connectivity index (χ1n) is 8.14. The van der Waals surface area contributed by atoms with Crippen molar-refractivity contribution in [2.45, 2.75) is 20.8 Å². The molecule has 0 atom stereocenters. The van der Waals surface area contributed by atoms with Crippen LogP contribution in [0.4, 0.5) is 0 Å². The van der Waals surface area contributed by atoms with Gasteiger partial charge in [-0.25, -0.2) is 4.98 Å². The molecule has 0 amide bonds. The van der Waals surface area contributed by atoms with Crippen LogP contribution in [0, 0.1) is 20.8 Å². The minimum atomic E-state index is 0.0184. The number of aryl methyl sites for hydroxylation is 3. The van der Waals surface area contributed by atoms with E-state index in [1.165, 1.54) is 5.56 Å². The summed E-state index contributed by atoms with van der Waals surface area (Å²) < 4.78 is 1.80. The molecule has 3 nitrogen and oxygen atoms in total. The molecule has 0 fully saturated rings. The first-order chi connectivity index (χ1) is 11.6. The smallest absolute Gasteiger partial charge is 0.264 e. The van der Waals surface area contributed by atoms with Crippen LogP contribution in [0.2, 0.25) is 0 Å². The van der Waals surface area contributed by atoms with Crippen molar-refractivity contribution in [3.63, 3.8) is 0 Å². The van der Waals surface area contributed by atoms with Gasteiger partial charge in [-0.2, -0.15) is 0 Å². The summed E-state index contributed by atoms with van der Waals surface area (Å²) in [6.07, 6.45) is 0. The topological polar surface area (TPSA) is 34.4 Å². The van der Waals surface area contributed by atoms with Crippen molar-refractivity contribution in [1.82, 2.24) is 9.38 Å². The Morgan fingerprint density at radius 3 is 2.33 bits per heavy atom. The van der Waals surface area contributed by atoms with Crippen molar-refractivity contribution in [2.75, 3.05) is 0 Å². The molecule has 0 saturated carbocycles. The molecule has 3 aromatic carbocycles. The molecular formula is C21H16N2O. The summed E-state index contributed by atoms with van der Waals surface area (Å²) in [6, 6.07) is 14.3. The van der Waals surface area contributed by atoms with Crippen molar-refractivity contribution >= 4 is 38.2 Å². The van der Waals surface area contributed by atoms with E-state index >= 15 is 0 Å². The highest BCUT2D eigenvalue weighted by molar-refractivity contribution is 6.16. The second kappa shape index (κ2) is 4.32. The van der Waals surface area contributed by atoms with Gasteiger partial charge in [-0.05, 0) is 48.9 Å². The zero-order valence-corrected chi connectivity index (χ0v) is 13.8. The molecule has 0 unspecified atom stereocenters. The highest BCUT2D eigenvalue weighted by Crippen LogP contribution is 2.32. The molecule has 0 aliphatic carbocycles. The van der Waals surface area contributed by atoms with Crippen LogP contribution >= 0.6 is 0 Å². The summed E-state index contributed by atoms with van der Waals surface area (Å²) in [4.78, 5) is 18.1. The molecule has 5 aromatic rings. The van der Waals surface area contributed by atoms with Crippen molar-refractivity contribution in [3.05, 3.63) is 69.5 Å². The summed E-state index contributed by atoms with van der Waals surface area (Å²) in [6.45, 7) is 6.16. The van der Waals surface area contributed by atoms with E-state index in [-0.39, 0.29) is 5.56 Å². The van der Waals surface area contributed by atoms with Crippen LogP contribution in [-0.2, 0) is 0 Å². The minimum absolute atomic E-state index is 0.0184. The summed E-state index contributed by atoms with van der Waals surface area (Å²) in [7, 11) is 0. The van der Waals surface area contributed by atoms with Crippen LogP contribution in [0.3, 0.4) is 0 Å². The molecule has 0 saturated heterocycles. The molecule has 0 N–H and O–H groups in total. The maximum atomic E-state index is 13.3. The summed E-state index contributed by atoms with van der Waals surface area (Å²) >= 11 is 0. The quantitative estimate of drug-likeness (QED) is 0.421. The lowest BCUT2D eigenvalue weighted by Gasteiger charge is -2.09. The Kier molecular flexibility index (Phi) is 2.43. The van der Waals surface area contributed by atoms with Crippen LogP contribution in [-0.4, -0.2) is 9.38 Å². The number of hydrogen-bond acceptors (Lipinski definition) is 2. The van der Waals surface area contributed by atoms with Gasteiger partial charge in [0.2, 0.25) is 0 Å². The molecule has 0 radical (unpaired) electrons. The Labute approximate surface area is 138 Å². The van der Waals surface area contributed by atoms with E-state index in [1.54, 1.807) is 4.40 Å². The summed E-state index contributed by atoms with van der Waals surface area (Å²) in [5, 5.41) is 3.96. The van der Waals surface area contributed by atoms with Crippen LogP contribution < -0.4 is 5.56 Å². The van der Waals surface area contributed by atoms with E-state index in [0.717, 1.165) is 49.4 Å². The monoisotopic (exact) mass is 312 g/mol. The Bertz CT molecular complexity index is 1350. The Balaban J connectivity index is 2.24. The average Bonchev–Trinajstić information content (AvgIpc) is 2.99. The fourth-order valence-electron chi connectivity index (χ4n) is 3.88. The summed E-state index contributed by atoms with van der Waals surface area (Å²) in [5.74, 6) is 0. The van der Waals surface area contributed by atoms with E-state index < -0.39 is 0 Å². The number of imidazole rings is 1. The molecule has 5 rings (SSSR count). The van der Waals surface area contributed by atoms with Gasteiger partial charge < -0.3 is 0 Å². The Hall–Kier alpha value is -2.94. The van der Waals surface area contributed by atoms with Gasteiger partial charge in [-0.3, -0.25) is 9.20 Å². The molecule has 0 aliphatic rings. The van der Waals surface area contributed by atoms with Crippen LogP contribution in [0.15, 0.2) is 47.3 Å². The van der Waals surface area contributed by atoms with Gasteiger partial charge in [0, 0.05) is 16.2 Å². The van der Waals surface area contributed by atoms with Crippen molar-refractivity contribution < 1.29 is 0 Å². The number of nitrogens with zero attached hydrogens (tertiary/aromatic N) is 2. The van der Waals surface area contributed by atoms with Gasteiger partial charge in [-0.15, -0.1) is 0 Å². The van der Waals surface area contributed by atoms with Crippen molar-refractivity contribution in [3.8, 4) is 0 Å². The zero-order chi connectivity index (χ0) is 16.6. The maximum Gasteiger partial charge on any atom is 0.264 e. The number of aromatic nitrogens is 2. The van der Waals surface area contributed by atoms with Gasteiger partial charge in [-0.1, -0.05) is 36.4 Å². The van der Waals surface area contributed by atoms with Gasteiger partial charge in [0.05, 0.1) is 11.0 Å². The fourth-order valence-corrected chi connectivity index (χ4v) is 3.88. The first kappa shape index (κ1) is 13.5. The third-order valence-electron chi connectivity index (χ3n) is 5.14. The lowest BCUT2D eigenvalue weighted by Crippen LogP contribution is -2.13. The number of rotatable bonds is 0. The van der Waals surface area contributed by atoms with Crippen molar-refractivity contribution in [1.29, 1.82) is 0 Å². The third-order valence-corrected chi connectivity index (χ3v) is 5.14. The molecule has 116 valence electrons. The normalized spacial score (nSPS) is 12.1. The standard InChI is InChI=1S/C21H16N2O/c1-11-9-10-15-17-14(11)5-4-6-16(17)21(24)23-19-13(3)8-7-12(2)18(19)22-20(15)23/h4-10H,1-3H3. The molecular weight excluding hydrogens is 296 g/mol. The van der Waals surface area contributed by atoms with Gasteiger partial charge in [0.25, 0.3) is 5.56 Å². The van der Waals surface area contributed by atoms with E-state index in [4.69, 9.17) is 4.98 Å². The molecule has 24 heavy (non-hydrogen) atoms. The fraction of sp³-hybridized carbons (Fsp3) is 0.143. The van der Waals surface area contributed by atoms with Gasteiger partial charge in [0.15, 0.2) is 0 Å². The first-order valence-corrected chi connectivity index (χ1v) is 8.14. The SMILES string of the molecule is Cc1ccc2c3c1cccc3c(=O)n1c2nc2c(C)ccc(C)c21. The third kappa shape index (κ3) is 1.47. The highest BCUT2D eigenvalue weighted by Gasteiger charge is 2.18. The second-order valence-electron chi connectivity index (χ2n) is 6.63. The average molecular weight is 312 g/mol. The molecule has 0 bridgehead atoms. The molecule has 0 aliphatic heterocycles. The molecule has 3 heteroatoms. The predicted octanol–water partition coefficient (Wildman–Crippen LogP) is 4.52. The van der Waals surface area contributed by atoms with Crippen molar-refractivity contribution in [2.24, 2.45) is 0 Å². The van der Waals surface area contributed by atoms with E-state index in [2.05, 4.69) is 37.3 Å². The van der Waals surface area contributed by atoms with Crippen LogP contribution in [0.5, 0.6) is 0 Å². The van der Waals surface area contributed by atoms with Crippen LogP contribution in [0.1, 0.15) is 16.7 Å². The molecule has 2 aromatic heterocycles. The predicted molar refractivity (Wildman–Crippen MR) is 99.4 cm³/mol. The largest absolute Gasteiger partial charge is 0.268 e. The van der Waals surface area contributed by atoms with E-state index in [1.807, 2.05) is 26.0 Å². The Morgan fingerprint density at radius 1 is 0.792 bits per heavy atom. The molecule has 0 spiro atoms.